The van der Waals surface area contributed by atoms with Gasteiger partial charge in [0, 0.05) is 19.4 Å². The van der Waals surface area contributed by atoms with Gasteiger partial charge in [0.05, 0.1) is 33.7 Å². The minimum Gasteiger partial charge on any atom is -0.756 e. The molecule has 0 spiro atoms. The molecular weight excluding hydrogens is 707 g/mol. The van der Waals surface area contributed by atoms with Crippen molar-refractivity contribution >= 4 is 25.7 Å². The number of hydrogen-bond donors (Lipinski definition) is 1. The van der Waals surface area contributed by atoms with Gasteiger partial charge in [-0.25, -0.2) is 0 Å². The molecule has 0 aliphatic heterocycles. The molecule has 1 rings (SSSR count). The molecule has 0 aromatic heterocycles. The molecule has 0 bridgehead atoms. The maximum atomic E-state index is 12.7. The van der Waals surface area contributed by atoms with E-state index in [-0.39, 0.29) is 37.9 Å². The molecule has 12 heteroatoms. The minimum atomic E-state index is -4.64. The summed E-state index contributed by atoms with van der Waals surface area (Å²) in [4.78, 5) is 49.5. The lowest BCUT2D eigenvalue weighted by Crippen LogP contribution is -2.37. The van der Waals surface area contributed by atoms with E-state index in [4.69, 9.17) is 18.5 Å². The third kappa shape index (κ3) is 31.2. The van der Waals surface area contributed by atoms with Gasteiger partial charge in [-0.15, -0.1) is 0 Å². The van der Waals surface area contributed by atoms with Crippen molar-refractivity contribution in [1.82, 2.24) is 5.32 Å². The fourth-order valence-corrected chi connectivity index (χ4v) is 6.84. The Morgan fingerprint density at radius 1 is 0.667 bits per heavy atom. The highest BCUT2D eigenvalue weighted by Crippen LogP contribution is 2.38. The van der Waals surface area contributed by atoms with Crippen LogP contribution in [0.1, 0.15) is 161 Å². The van der Waals surface area contributed by atoms with Crippen LogP contribution in [-0.4, -0.2) is 82.5 Å². The number of nitrogens with one attached hydrogen (secondary N) is 1. The molecule has 0 saturated heterocycles. The first kappa shape index (κ1) is 50.0. The lowest BCUT2D eigenvalue weighted by molar-refractivity contribution is -0.870. The second-order valence-corrected chi connectivity index (χ2v) is 17.3. The Hall–Kier alpha value is -2.04. The average Bonchev–Trinajstić information content (AvgIpc) is 3.67. The fourth-order valence-electron chi connectivity index (χ4n) is 6.11. The number of hydrogen-bond acceptors (Lipinski definition) is 9. The summed E-state index contributed by atoms with van der Waals surface area (Å²) >= 11 is 0. The van der Waals surface area contributed by atoms with E-state index >= 15 is 0 Å². The zero-order valence-electron chi connectivity index (χ0n) is 34.5. The standard InChI is InChI=1S/C42H77N2O9P/c1-5-6-7-8-9-10-11-12-13-15-18-21-24-31-40(45)50-36-39(37-52-54(48,49)51-35-34-44(2,3)4)53-41(46)32-25-22-19-16-14-17-20-23-28-33-43-42(47)38-29-26-27-30-38/h26-27,29-30,38-39H,5-25,28,31-37H2,1-4H3,(H-,43,47,48,49)/t39-/m1/s1. The number of phosphoric acid groups is 1. The van der Waals surface area contributed by atoms with Crippen molar-refractivity contribution in [3.8, 4) is 0 Å². The number of carbonyl (C=O) groups is 3. The van der Waals surface area contributed by atoms with E-state index in [9.17, 15) is 23.8 Å². The van der Waals surface area contributed by atoms with Crippen LogP contribution >= 0.6 is 7.82 Å². The van der Waals surface area contributed by atoms with Gasteiger partial charge in [0.1, 0.15) is 19.8 Å². The highest BCUT2D eigenvalue weighted by molar-refractivity contribution is 7.45. The second kappa shape index (κ2) is 32.1. The number of likely N-dealkylation sites (N-methyl/N-ethyl adjacent to an activating group) is 1. The Balaban J connectivity index is 2.26. The first-order chi connectivity index (χ1) is 25.9. The van der Waals surface area contributed by atoms with Crippen LogP contribution < -0.4 is 10.2 Å². The molecule has 0 radical (unpaired) electrons. The second-order valence-electron chi connectivity index (χ2n) is 15.9. The summed E-state index contributed by atoms with van der Waals surface area (Å²) in [6.07, 6.45) is 31.9. The molecule has 1 aliphatic carbocycles. The van der Waals surface area contributed by atoms with Gasteiger partial charge in [0.15, 0.2) is 6.10 Å². The Morgan fingerprint density at radius 3 is 1.63 bits per heavy atom. The highest BCUT2D eigenvalue weighted by atomic mass is 31.2. The van der Waals surface area contributed by atoms with Crippen molar-refractivity contribution in [2.75, 3.05) is 54.1 Å². The molecule has 0 saturated carbocycles. The van der Waals surface area contributed by atoms with Crippen molar-refractivity contribution in [3.05, 3.63) is 24.3 Å². The van der Waals surface area contributed by atoms with Gasteiger partial charge >= 0.3 is 11.9 Å². The van der Waals surface area contributed by atoms with E-state index in [0.29, 0.717) is 24.0 Å². The number of allylic oxidation sites excluding steroid dienone is 2. The molecular formula is C42H77N2O9P. The molecule has 1 amide bonds. The number of esters is 2. The van der Waals surface area contributed by atoms with Crippen LogP contribution in [0.5, 0.6) is 0 Å². The lowest BCUT2D eigenvalue weighted by Gasteiger charge is -2.28. The van der Waals surface area contributed by atoms with E-state index in [1.807, 2.05) is 45.4 Å². The number of carbonyl (C=O) groups excluding carboxylic acids is 3. The number of rotatable bonds is 37. The van der Waals surface area contributed by atoms with Gasteiger partial charge in [0.25, 0.3) is 7.82 Å². The number of unbranched alkanes of at least 4 members (excludes halogenated alkanes) is 20. The molecule has 0 fully saturated rings. The Kier molecular flexibility index (Phi) is 29.7. The van der Waals surface area contributed by atoms with Crippen molar-refractivity contribution < 1.29 is 46.8 Å². The van der Waals surface area contributed by atoms with Crippen LogP contribution in [0.25, 0.3) is 0 Å². The maximum absolute atomic E-state index is 12.7. The number of quaternary nitrogens is 1. The first-order valence-electron chi connectivity index (χ1n) is 21.3. The molecule has 1 N–H and O–H groups in total. The third-order valence-corrected chi connectivity index (χ3v) is 10.5. The quantitative estimate of drug-likeness (QED) is 0.0283. The van der Waals surface area contributed by atoms with Crippen LogP contribution in [0, 0.1) is 5.92 Å². The topological polar surface area (TPSA) is 140 Å². The van der Waals surface area contributed by atoms with Crippen LogP contribution in [-0.2, 0) is 37.5 Å². The number of ether oxygens (including phenoxy) is 2. The molecule has 2 atom stereocenters. The predicted octanol–water partition coefficient (Wildman–Crippen LogP) is 8.89. The van der Waals surface area contributed by atoms with Crippen LogP contribution in [0.15, 0.2) is 24.3 Å². The van der Waals surface area contributed by atoms with Crippen LogP contribution in [0.4, 0.5) is 0 Å². The average molecular weight is 785 g/mol. The summed E-state index contributed by atoms with van der Waals surface area (Å²) in [5, 5.41) is 2.99. The Morgan fingerprint density at radius 2 is 1.13 bits per heavy atom. The summed E-state index contributed by atoms with van der Waals surface area (Å²) in [5.74, 6) is -0.932. The molecule has 1 unspecified atom stereocenters. The van der Waals surface area contributed by atoms with E-state index in [2.05, 4.69) is 12.2 Å². The first-order valence-corrected chi connectivity index (χ1v) is 22.8. The molecule has 54 heavy (non-hydrogen) atoms. The summed E-state index contributed by atoms with van der Waals surface area (Å²) < 4.78 is 33.8. The zero-order valence-corrected chi connectivity index (χ0v) is 35.4. The van der Waals surface area contributed by atoms with Crippen molar-refractivity contribution in [2.45, 2.75) is 167 Å². The van der Waals surface area contributed by atoms with Crippen molar-refractivity contribution in [1.29, 1.82) is 0 Å². The van der Waals surface area contributed by atoms with Crippen molar-refractivity contribution in [3.63, 3.8) is 0 Å². The largest absolute Gasteiger partial charge is 0.756 e. The number of nitrogens with zero attached hydrogens (tertiary/aromatic N) is 1. The predicted molar refractivity (Wildman–Crippen MR) is 215 cm³/mol. The van der Waals surface area contributed by atoms with Gasteiger partial charge in [-0.05, 0) is 19.3 Å². The van der Waals surface area contributed by atoms with E-state index in [0.717, 1.165) is 70.6 Å². The third-order valence-electron chi connectivity index (χ3n) is 9.55. The van der Waals surface area contributed by atoms with Gasteiger partial charge in [-0.2, -0.15) is 0 Å². The minimum absolute atomic E-state index is 0.0425. The van der Waals surface area contributed by atoms with Gasteiger partial charge in [-0.3, -0.25) is 18.9 Å². The summed E-state index contributed by atoms with van der Waals surface area (Å²) in [7, 11) is 1.12. The normalized spacial score (nSPS) is 14.6. The molecule has 0 heterocycles. The molecule has 11 nitrogen and oxygen atoms in total. The fraction of sp³-hybridized carbons (Fsp3) is 0.833. The van der Waals surface area contributed by atoms with Gasteiger partial charge < -0.3 is 33.2 Å². The maximum Gasteiger partial charge on any atom is 0.306 e. The molecule has 314 valence electrons. The van der Waals surface area contributed by atoms with Gasteiger partial charge in [0.2, 0.25) is 5.91 Å². The highest BCUT2D eigenvalue weighted by Gasteiger charge is 2.22. The Labute approximate surface area is 328 Å². The monoisotopic (exact) mass is 785 g/mol. The molecule has 1 aliphatic rings. The van der Waals surface area contributed by atoms with E-state index in [1.165, 1.54) is 64.2 Å². The van der Waals surface area contributed by atoms with E-state index < -0.39 is 32.5 Å². The smallest absolute Gasteiger partial charge is 0.306 e. The van der Waals surface area contributed by atoms with Crippen LogP contribution in [0.3, 0.4) is 0 Å². The number of amides is 1. The van der Waals surface area contributed by atoms with Gasteiger partial charge in [-0.1, -0.05) is 153 Å². The summed E-state index contributed by atoms with van der Waals surface area (Å²) in [5.41, 5.74) is 0. The van der Waals surface area contributed by atoms with E-state index in [1.54, 1.807) is 0 Å². The zero-order chi connectivity index (χ0) is 39.8. The number of phosphoric ester groups is 1. The molecule has 0 aromatic rings. The van der Waals surface area contributed by atoms with Crippen molar-refractivity contribution in [2.24, 2.45) is 5.92 Å². The SMILES string of the molecule is CCCCCCCCCCCCCCCC(=O)OC[C@H](COP(=O)([O-])OCC[N+](C)(C)C)OC(=O)CCCCCCCCCCCNC(=O)C1C=CC=C1. The lowest BCUT2D eigenvalue weighted by atomic mass is 10.0. The summed E-state index contributed by atoms with van der Waals surface area (Å²) in [6.45, 7) is 2.62. The Bertz CT molecular complexity index is 1080. The van der Waals surface area contributed by atoms with Crippen LogP contribution in [0.2, 0.25) is 0 Å². The molecule has 0 aromatic carbocycles. The summed E-state index contributed by atoms with van der Waals surface area (Å²) in [6, 6.07) is 0.